The average Bonchev–Trinajstić information content (AvgIpc) is 2.26. The van der Waals surface area contributed by atoms with E-state index >= 15 is 0 Å². The number of carbonyl (C=O) groups excluding carboxylic acids is 2. The van der Waals surface area contributed by atoms with Gasteiger partial charge in [-0.15, -0.1) is 0 Å². The number of nitrogens with one attached hydrogen (secondary N) is 1. The van der Waals surface area contributed by atoms with E-state index < -0.39 is 29.6 Å². The fourth-order valence-electron chi connectivity index (χ4n) is 1.20. The summed E-state index contributed by atoms with van der Waals surface area (Å²) in [7, 11) is 1.17. The van der Waals surface area contributed by atoms with E-state index in [9.17, 15) is 18.4 Å². The van der Waals surface area contributed by atoms with Crippen LogP contribution in [0.3, 0.4) is 0 Å². The summed E-state index contributed by atoms with van der Waals surface area (Å²) in [5.41, 5.74) is -0.196. The minimum absolute atomic E-state index is 0.196. The Balaban J connectivity index is 2.79. The molecule has 17 heavy (non-hydrogen) atoms. The van der Waals surface area contributed by atoms with Crippen LogP contribution < -0.4 is 5.32 Å². The van der Waals surface area contributed by atoms with Crippen LogP contribution in [0.1, 0.15) is 17.3 Å². The molecular weight excluding hydrogens is 232 g/mol. The van der Waals surface area contributed by atoms with Crippen LogP contribution in [0.4, 0.5) is 8.78 Å². The van der Waals surface area contributed by atoms with Gasteiger partial charge in [-0.05, 0) is 19.1 Å². The van der Waals surface area contributed by atoms with Crippen molar-refractivity contribution in [2.75, 3.05) is 7.11 Å². The van der Waals surface area contributed by atoms with Crippen LogP contribution in [0.25, 0.3) is 0 Å². The molecular formula is C11H11F2NO3. The van der Waals surface area contributed by atoms with E-state index in [0.29, 0.717) is 6.07 Å². The highest BCUT2D eigenvalue weighted by Crippen LogP contribution is 2.08. The number of rotatable bonds is 3. The molecule has 1 aromatic rings. The second-order valence-corrected chi connectivity index (χ2v) is 3.38. The summed E-state index contributed by atoms with van der Waals surface area (Å²) in [5, 5.41) is 2.25. The van der Waals surface area contributed by atoms with Crippen molar-refractivity contribution in [3.8, 4) is 0 Å². The Hall–Kier alpha value is -1.98. The topological polar surface area (TPSA) is 55.4 Å². The van der Waals surface area contributed by atoms with Crippen LogP contribution in [0.15, 0.2) is 18.2 Å². The molecule has 0 aromatic heterocycles. The number of hydrogen-bond acceptors (Lipinski definition) is 3. The molecule has 0 spiro atoms. The Bertz CT molecular complexity index is 428. The standard InChI is InChI=1S/C11H11F2NO3/c1-6(11(16)17-2)14-10(15)7-3-8(12)5-9(13)4-7/h3-6H,1-2H3,(H,14,15)/t6-/m1/s1. The predicted molar refractivity (Wildman–Crippen MR) is 55.3 cm³/mol. The van der Waals surface area contributed by atoms with Crippen molar-refractivity contribution < 1.29 is 23.1 Å². The molecule has 0 saturated heterocycles. The zero-order valence-corrected chi connectivity index (χ0v) is 9.29. The first kappa shape index (κ1) is 13.1. The van der Waals surface area contributed by atoms with E-state index in [4.69, 9.17) is 0 Å². The molecule has 92 valence electrons. The molecule has 0 aliphatic heterocycles. The molecule has 1 rings (SSSR count). The Labute approximate surface area is 96.6 Å². The molecule has 1 N–H and O–H groups in total. The molecule has 0 bridgehead atoms. The lowest BCUT2D eigenvalue weighted by molar-refractivity contribution is -0.142. The third-order valence-electron chi connectivity index (χ3n) is 2.03. The van der Waals surface area contributed by atoms with Crippen molar-refractivity contribution in [3.05, 3.63) is 35.4 Å². The molecule has 6 heteroatoms. The van der Waals surface area contributed by atoms with E-state index in [0.717, 1.165) is 12.1 Å². The normalized spacial score (nSPS) is 11.8. The van der Waals surface area contributed by atoms with Crippen LogP contribution >= 0.6 is 0 Å². The van der Waals surface area contributed by atoms with E-state index in [1.54, 1.807) is 0 Å². The predicted octanol–water partition coefficient (Wildman–Crippen LogP) is 1.26. The first-order chi connectivity index (χ1) is 7.93. The average molecular weight is 243 g/mol. The fraction of sp³-hybridized carbons (Fsp3) is 0.273. The van der Waals surface area contributed by atoms with Crippen molar-refractivity contribution in [2.45, 2.75) is 13.0 Å². The van der Waals surface area contributed by atoms with E-state index in [1.165, 1.54) is 14.0 Å². The van der Waals surface area contributed by atoms with Crippen molar-refractivity contribution >= 4 is 11.9 Å². The quantitative estimate of drug-likeness (QED) is 0.813. The first-order valence-corrected chi connectivity index (χ1v) is 4.79. The van der Waals surface area contributed by atoms with Gasteiger partial charge in [0.1, 0.15) is 17.7 Å². The van der Waals surface area contributed by atoms with Crippen molar-refractivity contribution in [1.29, 1.82) is 0 Å². The van der Waals surface area contributed by atoms with Gasteiger partial charge >= 0.3 is 5.97 Å². The SMILES string of the molecule is COC(=O)[C@@H](C)NC(=O)c1cc(F)cc(F)c1. The third-order valence-corrected chi connectivity index (χ3v) is 2.03. The summed E-state index contributed by atoms with van der Waals surface area (Å²) in [6.07, 6.45) is 0. The second-order valence-electron chi connectivity index (χ2n) is 3.38. The molecule has 0 unspecified atom stereocenters. The number of halogens is 2. The highest BCUT2D eigenvalue weighted by atomic mass is 19.1. The molecule has 1 amide bonds. The van der Waals surface area contributed by atoms with E-state index in [1.807, 2.05) is 0 Å². The molecule has 1 atom stereocenters. The second kappa shape index (κ2) is 5.38. The third kappa shape index (κ3) is 3.51. The van der Waals surface area contributed by atoms with Crippen LogP contribution in [0, 0.1) is 11.6 Å². The van der Waals surface area contributed by atoms with E-state index in [2.05, 4.69) is 10.1 Å². The minimum atomic E-state index is -0.890. The highest BCUT2D eigenvalue weighted by Gasteiger charge is 2.17. The summed E-state index contributed by atoms with van der Waals surface area (Å²) in [6.45, 7) is 1.40. The van der Waals surface area contributed by atoms with Gasteiger partial charge in [-0.25, -0.2) is 13.6 Å². The van der Waals surface area contributed by atoms with Gasteiger partial charge in [-0.1, -0.05) is 0 Å². The summed E-state index contributed by atoms with van der Waals surface area (Å²) >= 11 is 0. The smallest absolute Gasteiger partial charge is 0.328 e. The lowest BCUT2D eigenvalue weighted by atomic mass is 10.2. The molecule has 0 radical (unpaired) electrons. The monoisotopic (exact) mass is 243 g/mol. The summed E-state index contributed by atoms with van der Waals surface area (Å²) in [5.74, 6) is -3.11. The van der Waals surface area contributed by atoms with Crippen LogP contribution in [-0.2, 0) is 9.53 Å². The van der Waals surface area contributed by atoms with Gasteiger partial charge in [-0.3, -0.25) is 4.79 Å². The van der Waals surface area contributed by atoms with Crippen molar-refractivity contribution in [3.63, 3.8) is 0 Å². The Kier molecular flexibility index (Phi) is 4.14. The maximum Gasteiger partial charge on any atom is 0.328 e. The number of amides is 1. The summed E-state index contributed by atoms with van der Waals surface area (Å²) in [4.78, 5) is 22.6. The fourth-order valence-corrected chi connectivity index (χ4v) is 1.20. The van der Waals surface area contributed by atoms with Crippen LogP contribution in [-0.4, -0.2) is 25.0 Å². The first-order valence-electron chi connectivity index (χ1n) is 4.79. The molecule has 0 aliphatic rings. The number of carbonyl (C=O) groups is 2. The molecule has 4 nitrogen and oxygen atoms in total. The van der Waals surface area contributed by atoms with Gasteiger partial charge < -0.3 is 10.1 Å². The zero-order chi connectivity index (χ0) is 13.0. The molecule has 0 saturated carbocycles. The zero-order valence-electron chi connectivity index (χ0n) is 9.29. The number of hydrogen-bond donors (Lipinski definition) is 1. The molecule has 0 fully saturated rings. The number of benzene rings is 1. The van der Waals surface area contributed by atoms with Gasteiger partial charge in [0.2, 0.25) is 0 Å². The van der Waals surface area contributed by atoms with Gasteiger partial charge in [0, 0.05) is 11.6 Å². The maximum absolute atomic E-state index is 12.8. The molecule has 1 aromatic carbocycles. The minimum Gasteiger partial charge on any atom is -0.467 e. The van der Waals surface area contributed by atoms with Gasteiger partial charge in [0.25, 0.3) is 5.91 Å². The van der Waals surface area contributed by atoms with Gasteiger partial charge in [0.05, 0.1) is 7.11 Å². The van der Waals surface area contributed by atoms with Gasteiger partial charge in [-0.2, -0.15) is 0 Å². The summed E-state index contributed by atoms with van der Waals surface area (Å²) in [6, 6.07) is 1.52. The van der Waals surface area contributed by atoms with Crippen molar-refractivity contribution in [2.24, 2.45) is 0 Å². The lowest BCUT2D eigenvalue weighted by Gasteiger charge is -2.11. The van der Waals surface area contributed by atoms with Crippen LogP contribution in [0.5, 0.6) is 0 Å². The number of esters is 1. The Morgan fingerprint density at radius 2 is 1.76 bits per heavy atom. The number of methoxy groups -OCH3 is 1. The summed E-state index contributed by atoms with van der Waals surface area (Å²) < 4.78 is 30.1. The molecule has 0 aliphatic carbocycles. The Morgan fingerprint density at radius 3 is 2.24 bits per heavy atom. The largest absolute Gasteiger partial charge is 0.467 e. The van der Waals surface area contributed by atoms with E-state index in [-0.39, 0.29) is 5.56 Å². The van der Waals surface area contributed by atoms with Crippen molar-refractivity contribution in [1.82, 2.24) is 5.32 Å². The Morgan fingerprint density at radius 1 is 1.24 bits per heavy atom. The van der Waals surface area contributed by atoms with Crippen LogP contribution in [0.2, 0.25) is 0 Å². The van der Waals surface area contributed by atoms with Gasteiger partial charge in [0.15, 0.2) is 0 Å². The maximum atomic E-state index is 12.8. The highest BCUT2D eigenvalue weighted by molar-refractivity contribution is 5.96. The molecule has 0 heterocycles. The lowest BCUT2D eigenvalue weighted by Crippen LogP contribution is -2.39. The number of ether oxygens (including phenoxy) is 1.